The third kappa shape index (κ3) is 2.80. The summed E-state index contributed by atoms with van der Waals surface area (Å²) < 4.78 is 11.0. The molecule has 3 heteroatoms. The number of ether oxygens (including phenoxy) is 2. The maximum Gasteiger partial charge on any atom is 0.156 e. The second kappa shape index (κ2) is 5.49. The molecule has 0 spiro atoms. The van der Waals surface area contributed by atoms with Crippen molar-refractivity contribution in [3.05, 3.63) is 12.2 Å². The van der Waals surface area contributed by atoms with Crippen molar-refractivity contribution in [2.45, 2.75) is 58.2 Å². The number of rotatable bonds is 4. The molecule has 4 atom stereocenters. The van der Waals surface area contributed by atoms with Crippen LogP contribution in [-0.2, 0) is 9.47 Å². The van der Waals surface area contributed by atoms with Gasteiger partial charge in [0, 0.05) is 0 Å². The molecule has 14 heavy (non-hydrogen) atoms. The zero-order chi connectivity index (χ0) is 10.6. The molecule has 0 radical (unpaired) electrons. The first-order valence-electron chi connectivity index (χ1n) is 5.34. The first-order valence-corrected chi connectivity index (χ1v) is 5.34. The van der Waals surface area contributed by atoms with Gasteiger partial charge >= 0.3 is 0 Å². The molecule has 1 aliphatic heterocycles. The Morgan fingerprint density at radius 3 is 2.64 bits per heavy atom. The molecule has 0 aliphatic carbocycles. The minimum Gasteiger partial charge on any atom is -0.390 e. The van der Waals surface area contributed by atoms with Crippen LogP contribution >= 0.6 is 0 Å². The Morgan fingerprint density at radius 1 is 1.36 bits per heavy atom. The second-order valence-electron chi connectivity index (χ2n) is 3.58. The molecule has 0 aromatic carbocycles. The molecule has 1 saturated heterocycles. The van der Waals surface area contributed by atoms with Crippen molar-refractivity contribution in [3.8, 4) is 0 Å². The van der Waals surface area contributed by atoms with E-state index in [4.69, 9.17) is 9.47 Å². The van der Waals surface area contributed by atoms with Gasteiger partial charge in [-0.25, -0.2) is 0 Å². The van der Waals surface area contributed by atoms with Crippen LogP contribution in [0.3, 0.4) is 0 Å². The fourth-order valence-corrected chi connectivity index (χ4v) is 1.60. The fourth-order valence-electron chi connectivity index (χ4n) is 1.60. The van der Waals surface area contributed by atoms with Gasteiger partial charge in [0.2, 0.25) is 0 Å². The van der Waals surface area contributed by atoms with Gasteiger partial charge in [-0.2, -0.15) is 0 Å². The van der Waals surface area contributed by atoms with Crippen LogP contribution in [0.15, 0.2) is 12.2 Å². The first kappa shape index (κ1) is 11.7. The Morgan fingerprint density at radius 2 is 2.07 bits per heavy atom. The van der Waals surface area contributed by atoms with E-state index in [9.17, 15) is 5.11 Å². The van der Waals surface area contributed by atoms with E-state index >= 15 is 0 Å². The summed E-state index contributed by atoms with van der Waals surface area (Å²) in [4.78, 5) is 0. The van der Waals surface area contributed by atoms with E-state index in [1.54, 1.807) is 0 Å². The van der Waals surface area contributed by atoms with Crippen LogP contribution in [-0.4, -0.2) is 29.7 Å². The lowest BCUT2D eigenvalue weighted by molar-refractivity contribution is -0.0693. The van der Waals surface area contributed by atoms with Crippen LogP contribution in [0.5, 0.6) is 0 Å². The summed E-state index contributed by atoms with van der Waals surface area (Å²) in [6, 6.07) is 0. The highest BCUT2D eigenvalue weighted by molar-refractivity contribution is 4.98. The molecular formula is C11H20O3. The summed E-state index contributed by atoms with van der Waals surface area (Å²) >= 11 is 0. The van der Waals surface area contributed by atoms with Crippen molar-refractivity contribution in [2.24, 2.45) is 0 Å². The smallest absolute Gasteiger partial charge is 0.156 e. The lowest BCUT2D eigenvalue weighted by Gasteiger charge is -2.18. The third-order valence-corrected chi connectivity index (χ3v) is 2.38. The maximum atomic E-state index is 9.71. The molecule has 1 heterocycles. The van der Waals surface area contributed by atoms with Crippen molar-refractivity contribution >= 4 is 0 Å². The van der Waals surface area contributed by atoms with E-state index < -0.39 is 6.10 Å². The van der Waals surface area contributed by atoms with Gasteiger partial charge in [0.25, 0.3) is 0 Å². The zero-order valence-corrected chi connectivity index (χ0v) is 9.14. The number of hydrogen-bond donors (Lipinski definition) is 1. The van der Waals surface area contributed by atoms with E-state index in [0.717, 1.165) is 6.42 Å². The van der Waals surface area contributed by atoms with Crippen molar-refractivity contribution < 1.29 is 14.6 Å². The van der Waals surface area contributed by atoms with Gasteiger partial charge in [0.1, 0.15) is 12.2 Å². The van der Waals surface area contributed by atoms with Crippen LogP contribution in [0.2, 0.25) is 0 Å². The second-order valence-corrected chi connectivity index (χ2v) is 3.58. The van der Waals surface area contributed by atoms with Gasteiger partial charge in [-0.05, 0) is 19.8 Å². The summed E-state index contributed by atoms with van der Waals surface area (Å²) in [5.41, 5.74) is 0. The first-order chi connectivity index (χ1) is 6.69. The zero-order valence-electron chi connectivity index (χ0n) is 9.14. The molecule has 0 aromatic rings. The summed E-state index contributed by atoms with van der Waals surface area (Å²) in [5, 5.41) is 9.71. The van der Waals surface area contributed by atoms with Crippen LogP contribution < -0.4 is 0 Å². The molecule has 82 valence electrons. The molecule has 1 aliphatic rings. The Kier molecular flexibility index (Phi) is 4.58. The van der Waals surface area contributed by atoms with Crippen molar-refractivity contribution in [2.75, 3.05) is 0 Å². The van der Waals surface area contributed by atoms with Gasteiger partial charge in [-0.15, -0.1) is 0 Å². The lowest BCUT2D eigenvalue weighted by Crippen LogP contribution is -2.33. The summed E-state index contributed by atoms with van der Waals surface area (Å²) in [6.07, 6.45) is 4.73. The van der Waals surface area contributed by atoms with Gasteiger partial charge < -0.3 is 14.6 Å². The topological polar surface area (TPSA) is 38.7 Å². The average molecular weight is 200 g/mol. The predicted octanol–water partition coefficient (Wildman–Crippen LogP) is 1.85. The summed E-state index contributed by atoms with van der Waals surface area (Å²) in [7, 11) is 0. The normalized spacial score (nSPS) is 35.3. The molecule has 3 nitrogen and oxygen atoms in total. The number of allylic oxidation sites excluding steroid dienone is 1. The van der Waals surface area contributed by atoms with Crippen molar-refractivity contribution in [1.29, 1.82) is 0 Å². The van der Waals surface area contributed by atoms with E-state index in [2.05, 4.69) is 6.92 Å². The minimum absolute atomic E-state index is 0.0973. The van der Waals surface area contributed by atoms with Gasteiger partial charge in [-0.1, -0.05) is 26.0 Å². The molecule has 1 N–H and O–H groups in total. The van der Waals surface area contributed by atoms with E-state index in [0.29, 0.717) is 6.42 Å². The highest BCUT2D eigenvalue weighted by Crippen LogP contribution is 2.23. The quantitative estimate of drug-likeness (QED) is 0.704. The Labute approximate surface area is 85.7 Å². The van der Waals surface area contributed by atoms with E-state index in [-0.39, 0.29) is 18.5 Å². The highest BCUT2D eigenvalue weighted by Gasteiger charge is 2.36. The molecule has 0 amide bonds. The Hall–Kier alpha value is -0.380. The number of aliphatic hydroxyl groups excluding tert-OH is 1. The molecule has 0 aromatic heterocycles. The predicted molar refractivity (Wildman–Crippen MR) is 54.9 cm³/mol. The SMILES string of the molecule is CC/C=C\[C@@H]1OC(C)O[C@@H]1C(O)CC. The van der Waals surface area contributed by atoms with Crippen molar-refractivity contribution in [1.82, 2.24) is 0 Å². The third-order valence-electron chi connectivity index (χ3n) is 2.38. The monoisotopic (exact) mass is 200 g/mol. The van der Waals surface area contributed by atoms with Crippen LogP contribution in [0.1, 0.15) is 33.6 Å². The van der Waals surface area contributed by atoms with Crippen LogP contribution in [0, 0.1) is 0 Å². The van der Waals surface area contributed by atoms with Crippen LogP contribution in [0.25, 0.3) is 0 Å². The van der Waals surface area contributed by atoms with Gasteiger partial charge in [-0.3, -0.25) is 0 Å². The minimum atomic E-state index is -0.438. The molecular weight excluding hydrogens is 180 g/mol. The maximum absolute atomic E-state index is 9.71. The standard InChI is InChI=1S/C11H20O3/c1-4-6-7-10-11(9(12)5-2)14-8(3)13-10/h6-12H,4-5H2,1-3H3/b7-6-/t8?,9?,10-,11+/m0/s1. The van der Waals surface area contributed by atoms with E-state index in [1.807, 2.05) is 26.0 Å². The molecule has 2 unspecified atom stereocenters. The highest BCUT2D eigenvalue weighted by atomic mass is 16.7. The van der Waals surface area contributed by atoms with E-state index in [1.165, 1.54) is 0 Å². The lowest BCUT2D eigenvalue weighted by atomic mass is 10.1. The van der Waals surface area contributed by atoms with Crippen molar-refractivity contribution in [3.63, 3.8) is 0 Å². The molecule has 0 bridgehead atoms. The molecule has 1 fully saturated rings. The van der Waals surface area contributed by atoms with Gasteiger partial charge in [0.15, 0.2) is 6.29 Å². The molecule has 0 saturated carbocycles. The summed E-state index contributed by atoms with van der Waals surface area (Å²) in [6.45, 7) is 5.87. The number of aliphatic hydroxyl groups is 1. The number of hydrogen-bond acceptors (Lipinski definition) is 3. The molecule has 1 rings (SSSR count). The van der Waals surface area contributed by atoms with Gasteiger partial charge in [0.05, 0.1) is 6.10 Å². The Bertz CT molecular complexity index is 191. The largest absolute Gasteiger partial charge is 0.390 e. The Balaban J connectivity index is 2.57. The average Bonchev–Trinajstić information content (AvgIpc) is 2.55. The summed E-state index contributed by atoms with van der Waals surface area (Å²) in [5.74, 6) is 0. The fraction of sp³-hybridized carbons (Fsp3) is 0.818. The van der Waals surface area contributed by atoms with Crippen LogP contribution in [0.4, 0.5) is 0 Å².